The molecule has 0 bridgehead atoms. The van der Waals surface area contributed by atoms with Gasteiger partial charge in [-0.25, -0.2) is 23.1 Å². The second-order valence-electron chi connectivity index (χ2n) is 9.45. The fourth-order valence-electron chi connectivity index (χ4n) is 4.94. The van der Waals surface area contributed by atoms with Gasteiger partial charge in [0.15, 0.2) is 0 Å². The maximum Gasteiger partial charge on any atom is 0.266 e. The van der Waals surface area contributed by atoms with Gasteiger partial charge in [0.1, 0.15) is 35.3 Å². The van der Waals surface area contributed by atoms with Crippen molar-refractivity contribution in [2.75, 3.05) is 36.7 Å². The summed E-state index contributed by atoms with van der Waals surface area (Å²) in [6, 6.07) is 5.62. The lowest BCUT2D eigenvalue weighted by molar-refractivity contribution is -0.200. The number of halogens is 3. The van der Waals surface area contributed by atoms with E-state index >= 15 is 0 Å². The van der Waals surface area contributed by atoms with E-state index in [1.807, 2.05) is 13.8 Å². The topological polar surface area (TPSA) is 86.6 Å². The third kappa shape index (κ3) is 5.73. The van der Waals surface area contributed by atoms with Crippen molar-refractivity contribution in [2.24, 2.45) is 7.05 Å². The molecule has 2 fully saturated rings. The van der Waals surface area contributed by atoms with Gasteiger partial charge < -0.3 is 14.4 Å². The minimum absolute atomic E-state index is 0.0310. The normalized spacial score (nSPS) is 21.4. The number of anilines is 1. The van der Waals surface area contributed by atoms with Gasteiger partial charge >= 0.3 is 0 Å². The molecule has 0 aliphatic carbocycles. The molecule has 3 aromatic rings. The summed E-state index contributed by atoms with van der Waals surface area (Å²) in [6.45, 7) is 4.83. The Balaban J connectivity index is 0.00000172. The van der Waals surface area contributed by atoms with Crippen LogP contribution in [0.1, 0.15) is 49.8 Å². The molecule has 0 atom stereocenters. The zero-order valence-corrected chi connectivity index (χ0v) is 23.3. The largest absolute Gasteiger partial charge is 0.376 e. The number of pyridine rings is 1. The molecule has 0 unspecified atom stereocenters. The molecule has 0 spiro atoms. The fraction of sp³-hybridized carbons (Fsp3) is 0.519. The van der Waals surface area contributed by atoms with E-state index in [1.54, 1.807) is 25.1 Å². The summed E-state index contributed by atoms with van der Waals surface area (Å²) in [5.74, 6) is 0.269. The molecule has 0 radical (unpaired) electrons. The number of aromatic nitrogens is 3. The quantitative estimate of drug-likeness (QED) is 0.423. The number of benzene rings is 1. The van der Waals surface area contributed by atoms with Crippen LogP contribution in [0.4, 0.5) is 19.0 Å². The zero-order valence-electron chi connectivity index (χ0n) is 22.5. The van der Waals surface area contributed by atoms with Gasteiger partial charge in [0.2, 0.25) is 0 Å². The van der Waals surface area contributed by atoms with Crippen LogP contribution in [0.2, 0.25) is 0 Å². The lowest BCUT2D eigenvalue weighted by atomic mass is 9.87. The molecule has 2 aliphatic heterocycles. The van der Waals surface area contributed by atoms with Crippen molar-refractivity contribution in [1.29, 1.82) is 0 Å². The molecule has 2 aliphatic rings. The van der Waals surface area contributed by atoms with Crippen LogP contribution in [-0.4, -0.2) is 56.6 Å². The summed E-state index contributed by atoms with van der Waals surface area (Å²) in [5.41, 5.74) is -0.985. The Bertz CT molecular complexity index is 1400. The van der Waals surface area contributed by atoms with Crippen LogP contribution < -0.4 is 10.5 Å². The second kappa shape index (κ2) is 12.1. The number of alkyl halides is 2. The van der Waals surface area contributed by atoms with Crippen LogP contribution in [0.25, 0.3) is 11.0 Å². The van der Waals surface area contributed by atoms with Crippen LogP contribution >= 0.6 is 0 Å². The van der Waals surface area contributed by atoms with E-state index in [0.29, 0.717) is 60.0 Å². The van der Waals surface area contributed by atoms with Gasteiger partial charge in [0.05, 0.1) is 29.7 Å². The van der Waals surface area contributed by atoms with Crippen molar-refractivity contribution in [3.63, 3.8) is 0 Å². The number of nitrogens with zero attached hydrogens (tertiary/aromatic N) is 4. The number of ether oxygens (including phenoxy) is 2. The summed E-state index contributed by atoms with van der Waals surface area (Å²) < 4.78 is 66.5. The highest BCUT2D eigenvalue weighted by atomic mass is 32.2. The molecule has 12 heteroatoms. The van der Waals surface area contributed by atoms with E-state index in [0.717, 1.165) is 6.07 Å². The van der Waals surface area contributed by atoms with Crippen LogP contribution in [0, 0.1) is 5.82 Å². The lowest BCUT2D eigenvalue weighted by Gasteiger charge is -2.42. The summed E-state index contributed by atoms with van der Waals surface area (Å²) in [4.78, 5) is 23.9. The Kier molecular flexibility index (Phi) is 9.07. The molecule has 39 heavy (non-hydrogen) atoms. The summed E-state index contributed by atoms with van der Waals surface area (Å²) in [7, 11) is 2.30. The lowest BCUT2D eigenvalue weighted by Crippen LogP contribution is -2.49. The molecule has 2 saturated heterocycles. The van der Waals surface area contributed by atoms with Gasteiger partial charge in [-0.2, -0.15) is 0 Å². The average Bonchev–Trinajstić information content (AvgIpc) is 2.91. The molecular formula is C27H33F3N4O4S. The highest BCUT2D eigenvalue weighted by molar-refractivity contribution is 7.85. The van der Waals surface area contributed by atoms with E-state index in [-0.39, 0.29) is 23.8 Å². The van der Waals surface area contributed by atoms with Gasteiger partial charge in [-0.1, -0.05) is 32.0 Å². The van der Waals surface area contributed by atoms with Crippen LogP contribution in [-0.2, 0) is 39.5 Å². The number of fused-ring (bicyclic) bond motifs is 1. The Hall–Kier alpha value is -2.83. The first-order valence-electron chi connectivity index (χ1n) is 12.9. The van der Waals surface area contributed by atoms with Gasteiger partial charge in [0.25, 0.3) is 12.0 Å². The summed E-state index contributed by atoms with van der Waals surface area (Å²) in [6.07, 6.45) is -0.945. The number of hydrogen-bond acceptors (Lipinski definition) is 7. The molecule has 2 aromatic heterocycles. The Morgan fingerprint density at radius 1 is 1.23 bits per heavy atom. The molecule has 5 rings (SSSR count). The van der Waals surface area contributed by atoms with E-state index in [1.165, 1.54) is 23.0 Å². The minimum Gasteiger partial charge on any atom is -0.376 e. The first-order valence-corrected chi connectivity index (χ1v) is 14.4. The van der Waals surface area contributed by atoms with Crippen LogP contribution in [0.3, 0.4) is 0 Å². The average molecular weight is 567 g/mol. The first kappa shape index (κ1) is 29.2. The molecule has 0 N–H and O–H groups in total. The maximum absolute atomic E-state index is 14.7. The number of hydrogen-bond donors (Lipinski definition) is 0. The van der Waals surface area contributed by atoms with Crippen molar-refractivity contribution in [2.45, 2.75) is 51.4 Å². The Labute approximate surface area is 227 Å². The van der Waals surface area contributed by atoms with Gasteiger partial charge in [-0.3, -0.25) is 13.6 Å². The van der Waals surface area contributed by atoms with E-state index in [2.05, 4.69) is 9.97 Å². The molecule has 212 valence electrons. The van der Waals surface area contributed by atoms with Crippen molar-refractivity contribution in [1.82, 2.24) is 14.5 Å². The monoisotopic (exact) mass is 566 g/mol. The SMILES string of the molecule is CC.CN(Cc1cccc(C(F)F)c1F)c1ncnc2c1cc(C1(OC3COC3)CCS(=O)CC1)c(=O)n2C. The predicted molar refractivity (Wildman–Crippen MR) is 144 cm³/mol. The molecule has 4 heterocycles. The summed E-state index contributed by atoms with van der Waals surface area (Å²) in [5, 5.41) is 0.534. The minimum atomic E-state index is -2.93. The van der Waals surface area contributed by atoms with Crippen LogP contribution in [0.15, 0.2) is 35.4 Å². The highest BCUT2D eigenvalue weighted by Gasteiger charge is 2.43. The molecule has 8 nitrogen and oxygen atoms in total. The molecule has 0 saturated carbocycles. The van der Waals surface area contributed by atoms with Crippen molar-refractivity contribution >= 4 is 27.7 Å². The van der Waals surface area contributed by atoms with E-state index in [4.69, 9.17) is 9.47 Å². The third-order valence-electron chi connectivity index (χ3n) is 7.05. The van der Waals surface area contributed by atoms with Crippen molar-refractivity contribution in [3.05, 3.63) is 63.5 Å². The standard InChI is InChI=1S/C25H27F3N4O4S.C2H6/c1-31(11-15-4-3-5-17(20(15)26)21(27)28)22-18-10-19(24(33)32(2)23(18)30-14-29-22)25(36-16-12-35-13-16)6-8-37(34)9-7-25;1-2/h3-5,10,14,16,21H,6-9,11-13H2,1-2H3;1-2H3. The molecular weight excluding hydrogens is 533 g/mol. The van der Waals surface area contributed by atoms with Gasteiger partial charge in [-0.05, 0) is 18.9 Å². The highest BCUT2D eigenvalue weighted by Crippen LogP contribution is 2.39. The summed E-state index contributed by atoms with van der Waals surface area (Å²) >= 11 is 0. The van der Waals surface area contributed by atoms with Crippen molar-refractivity contribution < 1.29 is 26.9 Å². The van der Waals surface area contributed by atoms with Gasteiger partial charge in [-0.15, -0.1) is 0 Å². The number of aryl methyl sites for hydroxylation is 1. The van der Waals surface area contributed by atoms with E-state index < -0.39 is 34.2 Å². The number of rotatable bonds is 7. The zero-order chi connectivity index (χ0) is 28.3. The smallest absolute Gasteiger partial charge is 0.266 e. The van der Waals surface area contributed by atoms with E-state index in [9.17, 15) is 22.2 Å². The Morgan fingerprint density at radius 2 is 1.92 bits per heavy atom. The predicted octanol–water partition coefficient (Wildman–Crippen LogP) is 4.22. The van der Waals surface area contributed by atoms with Gasteiger partial charge in [0, 0.05) is 48.5 Å². The third-order valence-corrected chi connectivity index (χ3v) is 8.37. The first-order chi connectivity index (χ1) is 18.7. The second-order valence-corrected chi connectivity index (χ2v) is 11.1. The molecule has 1 aromatic carbocycles. The van der Waals surface area contributed by atoms with Crippen LogP contribution in [0.5, 0.6) is 0 Å². The Morgan fingerprint density at radius 3 is 2.54 bits per heavy atom. The van der Waals surface area contributed by atoms with Crippen molar-refractivity contribution in [3.8, 4) is 0 Å². The fourth-order valence-corrected chi connectivity index (χ4v) is 6.26. The molecule has 0 amide bonds. The maximum atomic E-state index is 14.7.